The highest BCUT2D eigenvalue weighted by atomic mass is 32.1. The SMILES string of the molecule is Cc1cccc(-c2ccn(-c3nc(N4CCCOCC4)c4sc(CO)cc4n3)n2)c1. The Bertz CT molecular complexity index is 1180. The van der Waals surface area contributed by atoms with Gasteiger partial charge in [-0.2, -0.15) is 10.1 Å². The average molecular weight is 422 g/mol. The highest BCUT2D eigenvalue weighted by Gasteiger charge is 2.20. The molecular weight excluding hydrogens is 398 g/mol. The molecule has 4 aromatic rings. The summed E-state index contributed by atoms with van der Waals surface area (Å²) in [6, 6.07) is 12.2. The van der Waals surface area contributed by atoms with Crippen molar-refractivity contribution in [3.63, 3.8) is 0 Å². The van der Waals surface area contributed by atoms with Gasteiger partial charge in [-0.1, -0.05) is 23.8 Å². The van der Waals surface area contributed by atoms with E-state index in [9.17, 15) is 5.11 Å². The highest BCUT2D eigenvalue weighted by Crippen LogP contribution is 2.33. The number of hydrogen-bond acceptors (Lipinski definition) is 7. The molecule has 4 heterocycles. The van der Waals surface area contributed by atoms with E-state index in [1.807, 2.05) is 24.4 Å². The van der Waals surface area contributed by atoms with E-state index >= 15 is 0 Å². The van der Waals surface area contributed by atoms with Gasteiger partial charge in [0.25, 0.3) is 5.95 Å². The van der Waals surface area contributed by atoms with Crippen LogP contribution in [0.15, 0.2) is 42.6 Å². The number of hydrogen-bond donors (Lipinski definition) is 1. The van der Waals surface area contributed by atoms with Crippen molar-refractivity contribution in [2.75, 3.05) is 31.2 Å². The van der Waals surface area contributed by atoms with Gasteiger partial charge in [0, 0.05) is 36.3 Å². The zero-order valence-corrected chi connectivity index (χ0v) is 17.6. The minimum Gasteiger partial charge on any atom is -0.391 e. The summed E-state index contributed by atoms with van der Waals surface area (Å²) in [7, 11) is 0. The van der Waals surface area contributed by atoms with Crippen LogP contribution in [-0.2, 0) is 11.3 Å². The number of benzene rings is 1. The highest BCUT2D eigenvalue weighted by molar-refractivity contribution is 7.19. The summed E-state index contributed by atoms with van der Waals surface area (Å²) in [5.41, 5.74) is 3.98. The molecule has 0 spiro atoms. The Balaban J connectivity index is 1.59. The van der Waals surface area contributed by atoms with Crippen molar-refractivity contribution in [3.8, 4) is 17.2 Å². The number of fused-ring (bicyclic) bond motifs is 1. The number of aryl methyl sites for hydroxylation is 1. The molecule has 8 heteroatoms. The van der Waals surface area contributed by atoms with Gasteiger partial charge in [-0.25, -0.2) is 9.67 Å². The Morgan fingerprint density at radius 2 is 2.07 bits per heavy atom. The monoisotopic (exact) mass is 421 g/mol. The third-order valence-corrected chi connectivity index (χ3v) is 6.28. The molecule has 0 atom stereocenters. The fourth-order valence-corrected chi connectivity index (χ4v) is 4.67. The maximum atomic E-state index is 9.63. The van der Waals surface area contributed by atoms with Gasteiger partial charge < -0.3 is 14.7 Å². The Labute approximate surface area is 178 Å². The van der Waals surface area contributed by atoms with E-state index < -0.39 is 0 Å². The van der Waals surface area contributed by atoms with Crippen molar-refractivity contribution >= 4 is 27.4 Å². The number of nitrogens with zero attached hydrogens (tertiary/aromatic N) is 5. The Kier molecular flexibility index (Phi) is 5.20. The van der Waals surface area contributed by atoms with Crippen LogP contribution in [0.25, 0.3) is 27.4 Å². The van der Waals surface area contributed by atoms with E-state index in [0.29, 0.717) is 12.6 Å². The summed E-state index contributed by atoms with van der Waals surface area (Å²) in [6.45, 7) is 5.18. The first-order valence-corrected chi connectivity index (χ1v) is 10.9. The lowest BCUT2D eigenvalue weighted by Crippen LogP contribution is -2.27. The number of anilines is 1. The second-order valence-corrected chi connectivity index (χ2v) is 8.54. The summed E-state index contributed by atoms with van der Waals surface area (Å²) in [5, 5.41) is 14.4. The molecule has 0 amide bonds. The molecule has 7 nitrogen and oxygen atoms in total. The zero-order valence-electron chi connectivity index (χ0n) is 16.8. The van der Waals surface area contributed by atoms with Crippen LogP contribution in [0.5, 0.6) is 0 Å². The molecule has 3 aromatic heterocycles. The third kappa shape index (κ3) is 3.69. The van der Waals surface area contributed by atoms with Crippen LogP contribution in [0.3, 0.4) is 0 Å². The van der Waals surface area contributed by atoms with Gasteiger partial charge >= 0.3 is 0 Å². The van der Waals surface area contributed by atoms with E-state index in [2.05, 4.69) is 30.0 Å². The topological polar surface area (TPSA) is 76.3 Å². The van der Waals surface area contributed by atoms with Gasteiger partial charge in [0.05, 0.1) is 29.1 Å². The van der Waals surface area contributed by atoms with E-state index in [1.165, 1.54) is 5.56 Å². The molecule has 0 unspecified atom stereocenters. The van der Waals surface area contributed by atoms with Crippen LogP contribution in [0, 0.1) is 6.92 Å². The van der Waals surface area contributed by atoms with Crippen molar-refractivity contribution < 1.29 is 9.84 Å². The number of rotatable bonds is 4. The molecule has 0 saturated carbocycles. The summed E-state index contributed by atoms with van der Waals surface area (Å²) in [6.07, 6.45) is 2.85. The smallest absolute Gasteiger partial charge is 0.253 e. The van der Waals surface area contributed by atoms with E-state index in [1.54, 1.807) is 16.0 Å². The summed E-state index contributed by atoms with van der Waals surface area (Å²) >= 11 is 1.54. The predicted molar refractivity (Wildman–Crippen MR) is 118 cm³/mol. The largest absolute Gasteiger partial charge is 0.391 e. The number of aromatic nitrogens is 4. The quantitative estimate of drug-likeness (QED) is 0.543. The van der Waals surface area contributed by atoms with Gasteiger partial charge in [0.15, 0.2) is 5.82 Å². The Morgan fingerprint density at radius 1 is 1.13 bits per heavy atom. The summed E-state index contributed by atoms with van der Waals surface area (Å²) < 4.78 is 8.35. The minimum atomic E-state index is -0.00180. The first-order chi connectivity index (χ1) is 14.7. The van der Waals surface area contributed by atoms with Crippen LogP contribution < -0.4 is 4.90 Å². The van der Waals surface area contributed by atoms with Gasteiger partial charge in [-0.15, -0.1) is 11.3 Å². The lowest BCUT2D eigenvalue weighted by molar-refractivity contribution is 0.152. The van der Waals surface area contributed by atoms with Gasteiger partial charge in [0.2, 0.25) is 0 Å². The number of ether oxygens (including phenoxy) is 1. The molecule has 5 rings (SSSR count). The maximum absolute atomic E-state index is 9.63. The Morgan fingerprint density at radius 3 is 2.93 bits per heavy atom. The first-order valence-electron chi connectivity index (χ1n) is 10.1. The number of aliphatic hydroxyl groups excluding tert-OH is 1. The summed E-state index contributed by atoms with van der Waals surface area (Å²) in [5.74, 6) is 1.42. The standard InChI is InChI=1S/C22H23N5O2S/c1-15-4-2-5-16(12-15)18-6-8-27(25-18)22-23-19-13-17(14-28)30-20(19)21(24-22)26-7-3-10-29-11-9-26/h2,4-6,8,12-13,28H,3,7,9-11,14H2,1H3. The molecule has 1 aromatic carbocycles. The normalized spacial score (nSPS) is 14.9. The lowest BCUT2D eigenvalue weighted by Gasteiger charge is -2.21. The van der Waals surface area contributed by atoms with E-state index in [4.69, 9.17) is 19.8 Å². The van der Waals surface area contributed by atoms with Crippen molar-refractivity contribution in [1.29, 1.82) is 0 Å². The molecule has 30 heavy (non-hydrogen) atoms. The molecule has 0 bridgehead atoms. The van der Waals surface area contributed by atoms with Gasteiger partial charge in [-0.3, -0.25) is 0 Å². The fourth-order valence-electron chi connectivity index (χ4n) is 3.70. The molecular formula is C22H23N5O2S. The van der Waals surface area contributed by atoms with Crippen molar-refractivity contribution in [1.82, 2.24) is 19.7 Å². The first kappa shape index (κ1) is 19.2. The maximum Gasteiger partial charge on any atom is 0.253 e. The van der Waals surface area contributed by atoms with E-state index in [-0.39, 0.29) is 6.61 Å². The van der Waals surface area contributed by atoms with Crippen molar-refractivity contribution in [2.45, 2.75) is 20.0 Å². The molecule has 1 saturated heterocycles. The van der Waals surface area contributed by atoms with Crippen molar-refractivity contribution in [3.05, 3.63) is 53.0 Å². The second kappa shape index (κ2) is 8.14. The Hall–Kier alpha value is -2.81. The molecule has 154 valence electrons. The van der Waals surface area contributed by atoms with Gasteiger partial charge in [-0.05, 0) is 31.5 Å². The molecule has 1 aliphatic heterocycles. The van der Waals surface area contributed by atoms with Gasteiger partial charge in [0.1, 0.15) is 0 Å². The predicted octanol–water partition coefficient (Wildman–Crippen LogP) is 3.57. The lowest BCUT2D eigenvalue weighted by atomic mass is 10.1. The fraction of sp³-hybridized carbons (Fsp3) is 0.318. The van der Waals surface area contributed by atoms with Crippen LogP contribution in [0.4, 0.5) is 5.82 Å². The van der Waals surface area contributed by atoms with Crippen LogP contribution in [0.2, 0.25) is 0 Å². The van der Waals surface area contributed by atoms with Crippen LogP contribution >= 0.6 is 11.3 Å². The zero-order chi connectivity index (χ0) is 20.5. The van der Waals surface area contributed by atoms with Crippen molar-refractivity contribution in [2.24, 2.45) is 0 Å². The molecule has 1 aliphatic rings. The molecule has 1 fully saturated rings. The molecule has 1 N–H and O–H groups in total. The van der Waals surface area contributed by atoms with E-state index in [0.717, 1.165) is 58.3 Å². The second-order valence-electron chi connectivity index (χ2n) is 7.40. The van der Waals surface area contributed by atoms with Crippen LogP contribution in [-0.4, -0.2) is 51.2 Å². The summed E-state index contributed by atoms with van der Waals surface area (Å²) in [4.78, 5) is 12.8. The average Bonchev–Trinajstić information content (AvgIpc) is 3.33. The minimum absolute atomic E-state index is 0.00180. The molecule has 0 radical (unpaired) electrons. The third-order valence-electron chi connectivity index (χ3n) is 5.18. The van der Waals surface area contributed by atoms with Crippen LogP contribution in [0.1, 0.15) is 16.9 Å². The number of aliphatic hydroxyl groups is 1. The molecule has 0 aliphatic carbocycles. The number of thiophene rings is 1.